The molecule has 0 aliphatic carbocycles. The van der Waals surface area contributed by atoms with Crippen LogP contribution in [0.4, 0.5) is 0 Å². The van der Waals surface area contributed by atoms with Crippen LogP contribution in [0.15, 0.2) is 29.2 Å². The molecule has 2 nitrogen and oxygen atoms in total. The minimum atomic E-state index is 0.824. The molecule has 2 rings (SSSR count). The van der Waals surface area contributed by atoms with Crippen LogP contribution in [-0.4, -0.2) is 37.8 Å². The lowest BCUT2D eigenvalue weighted by Crippen LogP contribution is -2.36. The Balaban J connectivity index is 1.87. The van der Waals surface area contributed by atoms with Gasteiger partial charge in [-0.15, -0.1) is 11.8 Å². The number of thioether (sulfide) groups is 1. The fraction of sp³-hybridized carbons (Fsp3) is 0.600. The molecule has 0 amide bonds. The van der Waals surface area contributed by atoms with Gasteiger partial charge in [0.1, 0.15) is 0 Å². The van der Waals surface area contributed by atoms with Gasteiger partial charge in [0.05, 0.1) is 0 Å². The fourth-order valence-electron chi connectivity index (χ4n) is 2.71. The number of hydrogen-bond acceptors (Lipinski definition) is 3. The van der Waals surface area contributed by atoms with Crippen LogP contribution in [0.3, 0.4) is 0 Å². The maximum absolute atomic E-state index is 3.50. The molecule has 1 fully saturated rings. The van der Waals surface area contributed by atoms with E-state index >= 15 is 0 Å². The first-order valence-corrected chi connectivity index (χ1v) is 8.03. The van der Waals surface area contributed by atoms with Crippen molar-refractivity contribution in [1.82, 2.24) is 10.2 Å². The highest BCUT2D eigenvalue weighted by molar-refractivity contribution is 7.98. The lowest BCUT2D eigenvalue weighted by atomic mass is 9.99. The average Bonchev–Trinajstić information content (AvgIpc) is 2.40. The molecule has 1 atom stereocenters. The second-order valence-electron chi connectivity index (χ2n) is 5.22. The first-order valence-electron chi connectivity index (χ1n) is 6.80. The van der Waals surface area contributed by atoms with E-state index in [0.29, 0.717) is 0 Å². The Bertz CT molecular complexity index is 361. The zero-order chi connectivity index (χ0) is 12.8. The lowest BCUT2D eigenvalue weighted by molar-refractivity contribution is 0.236. The molecule has 0 aromatic heterocycles. The Kier molecular flexibility index (Phi) is 5.54. The molecule has 3 heteroatoms. The third kappa shape index (κ3) is 4.01. The summed E-state index contributed by atoms with van der Waals surface area (Å²) in [5.41, 5.74) is 1.45. The molecule has 1 saturated heterocycles. The second-order valence-corrected chi connectivity index (χ2v) is 6.07. The number of rotatable bonds is 5. The summed E-state index contributed by atoms with van der Waals surface area (Å²) in [6, 6.07) is 8.74. The van der Waals surface area contributed by atoms with E-state index in [2.05, 4.69) is 47.8 Å². The van der Waals surface area contributed by atoms with Crippen molar-refractivity contribution in [2.24, 2.45) is 5.92 Å². The van der Waals surface area contributed by atoms with Crippen molar-refractivity contribution in [3.8, 4) is 0 Å². The van der Waals surface area contributed by atoms with Crippen LogP contribution in [0.2, 0.25) is 0 Å². The predicted molar refractivity (Wildman–Crippen MR) is 80.2 cm³/mol. The van der Waals surface area contributed by atoms with E-state index in [9.17, 15) is 0 Å². The van der Waals surface area contributed by atoms with Gasteiger partial charge >= 0.3 is 0 Å². The van der Waals surface area contributed by atoms with Crippen LogP contribution < -0.4 is 5.32 Å². The molecule has 0 spiro atoms. The third-order valence-electron chi connectivity index (χ3n) is 3.60. The molecule has 0 saturated carbocycles. The van der Waals surface area contributed by atoms with E-state index in [1.807, 2.05) is 11.8 Å². The van der Waals surface area contributed by atoms with Crippen molar-refractivity contribution in [1.29, 1.82) is 0 Å². The number of benzene rings is 1. The van der Waals surface area contributed by atoms with Gasteiger partial charge in [-0.1, -0.05) is 18.2 Å². The van der Waals surface area contributed by atoms with E-state index in [-0.39, 0.29) is 0 Å². The second kappa shape index (κ2) is 7.17. The molecule has 1 aliphatic heterocycles. The largest absolute Gasteiger partial charge is 0.316 e. The fourth-order valence-corrected chi connectivity index (χ4v) is 3.32. The van der Waals surface area contributed by atoms with Crippen LogP contribution in [0.1, 0.15) is 18.4 Å². The molecule has 1 aliphatic rings. The van der Waals surface area contributed by atoms with Crippen LogP contribution >= 0.6 is 11.8 Å². The van der Waals surface area contributed by atoms with E-state index in [0.717, 1.165) is 12.5 Å². The van der Waals surface area contributed by atoms with E-state index in [1.54, 1.807) is 0 Å². The van der Waals surface area contributed by atoms with Crippen LogP contribution in [0.5, 0.6) is 0 Å². The molecular formula is C15H24N2S. The molecule has 1 aromatic carbocycles. The highest BCUT2D eigenvalue weighted by Crippen LogP contribution is 2.21. The SMILES string of the molecule is CSc1ccccc1CN(C)CC1CCCNC1. The Labute approximate surface area is 115 Å². The molecule has 18 heavy (non-hydrogen) atoms. The molecule has 1 heterocycles. The summed E-state index contributed by atoms with van der Waals surface area (Å²) in [6.45, 7) is 4.66. The van der Waals surface area contributed by atoms with Gasteiger partial charge in [0, 0.05) is 18.0 Å². The summed E-state index contributed by atoms with van der Waals surface area (Å²) >= 11 is 1.84. The van der Waals surface area contributed by atoms with Gasteiger partial charge in [0.15, 0.2) is 0 Å². The number of hydrogen-bond donors (Lipinski definition) is 1. The quantitative estimate of drug-likeness (QED) is 0.823. The summed E-state index contributed by atoms with van der Waals surface area (Å²) in [4.78, 5) is 3.87. The maximum atomic E-state index is 3.50. The molecule has 0 bridgehead atoms. The molecule has 1 N–H and O–H groups in total. The minimum absolute atomic E-state index is 0.824. The van der Waals surface area contributed by atoms with Crippen molar-refractivity contribution in [2.75, 3.05) is 32.9 Å². The Morgan fingerprint density at radius 1 is 1.39 bits per heavy atom. The van der Waals surface area contributed by atoms with Gasteiger partial charge in [-0.3, -0.25) is 0 Å². The zero-order valence-corrected chi connectivity index (χ0v) is 12.3. The summed E-state index contributed by atoms with van der Waals surface area (Å²) in [5.74, 6) is 0.824. The summed E-state index contributed by atoms with van der Waals surface area (Å²) in [7, 11) is 2.24. The van der Waals surface area contributed by atoms with Crippen LogP contribution in [0, 0.1) is 5.92 Å². The van der Waals surface area contributed by atoms with Gasteiger partial charge in [0.2, 0.25) is 0 Å². The number of nitrogens with one attached hydrogen (secondary N) is 1. The average molecular weight is 264 g/mol. The lowest BCUT2D eigenvalue weighted by Gasteiger charge is -2.28. The molecule has 0 radical (unpaired) electrons. The minimum Gasteiger partial charge on any atom is -0.316 e. The van der Waals surface area contributed by atoms with E-state index < -0.39 is 0 Å². The van der Waals surface area contributed by atoms with Crippen molar-refractivity contribution >= 4 is 11.8 Å². The Morgan fingerprint density at radius 3 is 2.94 bits per heavy atom. The van der Waals surface area contributed by atoms with Crippen molar-refractivity contribution in [3.05, 3.63) is 29.8 Å². The highest BCUT2D eigenvalue weighted by atomic mass is 32.2. The first kappa shape index (κ1) is 13.9. The molecule has 100 valence electrons. The third-order valence-corrected chi connectivity index (χ3v) is 4.44. The van der Waals surface area contributed by atoms with Gasteiger partial charge < -0.3 is 10.2 Å². The summed E-state index contributed by atoms with van der Waals surface area (Å²) in [6.07, 6.45) is 4.87. The summed E-state index contributed by atoms with van der Waals surface area (Å²) < 4.78 is 0. The molecule has 1 unspecified atom stereocenters. The first-order chi connectivity index (χ1) is 8.79. The van der Waals surface area contributed by atoms with Gasteiger partial charge in [-0.05, 0) is 56.8 Å². The van der Waals surface area contributed by atoms with Gasteiger partial charge in [-0.25, -0.2) is 0 Å². The monoisotopic (exact) mass is 264 g/mol. The zero-order valence-electron chi connectivity index (χ0n) is 11.5. The predicted octanol–water partition coefficient (Wildman–Crippen LogP) is 2.84. The van der Waals surface area contributed by atoms with Crippen molar-refractivity contribution in [2.45, 2.75) is 24.3 Å². The topological polar surface area (TPSA) is 15.3 Å². The van der Waals surface area contributed by atoms with Gasteiger partial charge in [0.25, 0.3) is 0 Å². The Morgan fingerprint density at radius 2 is 2.22 bits per heavy atom. The van der Waals surface area contributed by atoms with Crippen molar-refractivity contribution < 1.29 is 0 Å². The molecule has 1 aromatic rings. The smallest absolute Gasteiger partial charge is 0.0241 e. The van der Waals surface area contributed by atoms with Crippen LogP contribution in [0.25, 0.3) is 0 Å². The van der Waals surface area contributed by atoms with Gasteiger partial charge in [-0.2, -0.15) is 0 Å². The summed E-state index contributed by atoms with van der Waals surface area (Å²) in [5, 5.41) is 3.50. The van der Waals surface area contributed by atoms with E-state index in [4.69, 9.17) is 0 Å². The van der Waals surface area contributed by atoms with E-state index in [1.165, 1.54) is 42.9 Å². The normalized spacial score (nSPS) is 20.3. The standard InChI is InChI=1S/C15H24N2S/c1-17(11-13-6-5-9-16-10-13)12-14-7-3-4-8-15(14)18-2/h3-4,7-8,13,16H,5-6,9-12H2,1-2H3. The number of nitrogens with zero attached hydrogens (tertiary/aromatic N) is 1. The maximum Gasteiger partial charge on any atom is 0.0241 e. The highest BCUT2D eigenvalue weighted by Gasteiger charge is 2.15. The molecular weight excluding hydrogens is 240 g/mol. The van der Waals surface area contributed by atoms with Crippen molar-refractivity contribution in [3.63, 3.8) is 0 Å². The Hall–Kier alpha value is -0.510. The van der Waals surface area contributed by atoms with Crippen LogP contribution in [-0.2, 0) is 6.54 Å². The number of piperidine rings is 1.